The van der Waals surface area contributed by atoms with Gasteiger partial charge in [-0.05, 0) is 111 Å². The Kier molecular flexibility index (Phi) is 11.7. The number of benzene rings is 5. The minimum absolute atomic E-state index is 0. The Labute approximate surface area is 366 Å². The first-order chi connectivity index (χ1) is 28.1. The van der Waals surface area contributed by atoms with Gasteiger partial charge in [-0.15, -0.1) is 65.2 Å². The predicted molar refractivity (Wildman–Crippen MR) is 242 cm³/mol. The van der Waals surface area contributed by atoms with Crippen molar-refractivity contribution in [2.75, 3.05) is 0 Å². The monoisotopic (exact) mass is 947 g/mol. The van der Waals surface area contributed by atoms with Crippen molar-refractivity contribution in [1.82, 2.24) is 9.97 Å². The Morgan fingerprint density at radius 1 is 0.576 bits per heavy atom. The molecule has 9 rings (SSSR count). The summed E-state index contributed by atoms with van der Waals surface area (Å²) < 4.78 is 0. The first-order valence-electron chi connectivity index (χ1n) is 21.4. The number of aryl methyl sites for hydroxylation is 3. The summed E-state index contributed by atoms with van der Waals surface area (Å²) in [5, 5.41) is 0. The van der Waals surface area contributed by atoms with Crippen LogP contribution in [0.2, 0.25) is 0 Å². The second-order valence-corrected chi connectivity index (χ2v) is 18.3. The van der Waals surface area contributed by atoms with E-state index in [4.69, 9.17) is 9.97 Å². The molecule has 0 spiro atoms. The summed E-state index contributed by atoms with van der Waals surface area (Å²) in [6, 6.07) is 51.9. The van der Waals surface area contributed by atoms with E-state index in [-0.39, 0.29) is 30.9 Å². The van der Waals surface area contributed by atoms with Gasteiger partial charge in [-0.25, -0.2) is 0 Å². The van der Waals surface area contributed by atoms with Crippen molar-refractivity contribution in [3.8, 4) is 55.9 Å². The van der Waals surface area contributed by atoms with Gasteiger partial charge < -0.3 is 9.97 Å². The van der Waals surface area contributed by atoms with Gasteiger partial charge >= 0.3 is 0 Å². The van der Waals surface area contributed by atoms with E-state index in [2.05, 4.69) is 174 Å². The van der Waals surface area contributed by atoms with Crippen LogP contribution in [0.5, 0.6) is 0 Å². The Morgan fingerprint density at radius 2 is 1.24 bits per heavy atom. The minimum Gasteiger partial charge on any atom is -0.305 e. The van der Waals surface area contributed by atoms with Crippen LogP contribution in [0.1, 0.15) is 106 Å². The molecule has 2 heterocycles. The van der Waals surface area contributed by atoms with Gasteiger partial charge in [0.15, 0.2) is 0 Å². The van der Waals surface area contributed by atoms with Crippen LogP contribution in [0.15, 0.2) is 134 Å². The van der Waals surface area contributed by atoms with E-state index in [1.807, 2.05) is 6.20 Å². The van der Waals surface area contributed by atoms with Crippen LogP contribution >= 0.6 is 0 Å². The quantitative estimate of drug-likeness (QED) is 0.135. The fourth-order valence-electron chi connectivity index (χ4n) is 10.1. The molecule has 0 N–H and O–H groups in total. The number of hydrogen-bond acceptors (Lipinski definition) is 2. The molecular formula is C56H54IrN2-2. The van der Waals surface area contributed by atoms with Crippen molar-refractivity contribution in [1.29, 1.82) is 0 Å². The molecule has 0 atom stereocenters. The Bertz CT molecular complexity index is 2560. The third-order valence-electron chi connectivity index (χ3n) is 13.0. The van der Waals surface area contributed by atoms with Crippen LogP contribution in [0.25, 0.3) is 55.9 Å². The van der Waals surface area contributed by atoms with Crippen LogP contribution in [0, 0.1) is 19.1 Å². The molecule has 2 aliphatic rings. The van der Waals surface area contributed by atoms with Crippen molar-refractivity contribution >= 4 is 0 Å². The van der Waals surface area contributed by atoms with Gasteiger partial charge in [0.1, 0.15) is 0 Å². The molecule has 2 aromatic heterocycles. The van der Waals surface area contributed by atoms with Gasteiger partial charge in [0.2, 0.25) is 0 Å². The molecule has 3 heteroatoms. The average molecular weight is 947 g/mol. The summed E-state index contributed by atoms with van der Waals surface area (Å²) in [4.78, 5) is 9.65. The molecule has 0 saturated heterocycles. The third-order valence-corrected chi connectivity index (χ3v) is 13.0. The molecule has 1 radical (unpaired) electrons. The van der Waals surface area contributed by atoms with Crippen molar-refractivity contribution < 1.29 is 20.1 Å². The maximum Gasteiger partial charge on any atom is 0.0201 e. The molecule has 0 bridgehead atoms. The summed E-state index contributed by atoms with van der Waals surface area (Å²) >= 11 is 0. The van der Waals surface area contributed by atoms with Gasteiger partial charge in [-0.3, -0.25) is 0 Å². The van der Waals surface area contributed by atoms with Crippen LogP contribution in [0.4, 0.5) is 0 Å². The molecule has 5 aromatic carbocycles. The van der Waals surface area contributed by atoms with E-state index in [1.54, 1.807) is 0 Å². The molecule has 1 saturated carbocycles. The Hall–Kier alpha value is -4.95. The van der Waals surface area contributed by atoms with Crippen LogP contribution in [-0.4, -0.2) is 9.97 Å². The van der Waals surface area contributed by atoms with Gasteiger partial charge in [0, 0.05) is 32.5 Å². The standard InChI is InChI=1S/C56H54N2.Ir/c1-38-31-40(16-15-39-17-19-45(20-18-39)54-35-51-52(36-58-54)56(4,5)37-55(51,2)3)33-48(32-38)50-14-10-9-13-49(50)44-25-27-46(28-26-44)53-34-47(29-30-57-53)43-23-21-42(22-24-43)41-11-7-6-8-12-41;/h9-10,13-14,17-19,21-27,29-36,41H,6-8,11-12,15-16,37H2,1-5H3;/q-2;. The molecule has 1 fully saturated rings. The van der Waals surface area contributed by atoms with Gasteiger partial charge in [0.05, 0.1) is 0 Å². The molecule has 2 nitrogen and oxygen atoms in total. The molecule has 0 unspecified atom stereocenters. The topological polar surface area (TPSA) is 25.8 Å². The Balaban J connectivity index is 0.00000484. The van der Waals surface area contributed by atoms with E-state index >= 15 is 0 Å². The van der Waals surface area contributed by atoms with E-state index in [0.29, 0.717) is 0 Å². The van der Waals surface area contributed by atoms with E-state index < -0.39 is 0 Å². The fraction of sp³-hybridized carbons (Fsp3) is 0.286. The average Bonchev–Trinajstić information content (AvgIpc) is 3.45. The molecular weight excluding hydrogens is 893 g/mol. The SMILES string of the molecule is Cc1cc(CCc2c[c-]c(-c3cc4c(cn3)C(C)(C)CC4(C)C)cc2)cc(-c2ccccc2-c2c[c-]c(-c3cc(-c4ccc(C5CCCCC5)cc4)ccn3)cc2)c1.[Ir]. The number of rotatable bonds is 9. The molecule has 0 amide bonds. The van der Waals surface area contributed by atoms with Crippen molar-refractivity contribution in [3.63, 3.8) is 0 Å². The largest absolute Gasteiger partial charge is 0.305 e. The number of fused-ring (bicyclic) bond motifs is 1. The maximum absolute atomic E-state index is 4.89. The maximum atomic E-state index is 4.89. The fourth-order valence-corrected chi connectivity index (χ4v) is 10.1. The molecule has 59 heavy (non-hydrogen) atoms. The molecule has 0 aliphatic heterocycles. The zero-order valence-electron chi connectivity index (χ0n) is 35.2. The van der Waals surface area contributed by atoms with E-state index in [1.165, 1.54) is 93.3 Å². The van der Waals surface area contributed by atoms with Crippen LogP contribution in [0.3, 0.4) is 0 Å². The molecule has 7 aromatic rings. The first-order valence-corrected chi connectivity index (χ1v) is 21.4. The summed E-state index contributed by atoms with van der Waals surface area (Å²) in [6.45, 7) is 11.6. The number of hydrogen-bond donors (Lipinski definition) is 0. The summed E-state index contributed by atoms with van der Waals surface area (Å²) in [5.74, 6) is 0.718. The summed E-state index contributed by atoms with van der Waals surface area (Å²) in [7, 11) is 0. The second-order valence-electron chi connectivity index (χ2n) is 18.3. The number of pyridine rings is 2. The van der Waals surface area contributed by atoms with Crippen molar-refractivity contribution in [3.05, 3.63) is 179 Å². The minimum atomic E-state index is 0. The first kappa shape index (κ1) is 40.8. The zero-order valence-corrected chi connectivity index (χ0v) is 37.6. The second kappa shape index (κ2) is 17.0. The smallest absolute Gasteiger partial charge is 0.0201 e. The third kappa shape index (κ3) is 8.70. The van der Waals surface area contributed by atoms with Gasteiger partial charge in [-0.2, -0.15) is 0 Å². The van der Waals surface area contributed by atoms with Gasteiger partial charge in [0.25, 0.3) is 0 Å². The van der Waals surface area contributed by atoms with Crippen LogP contribution in [-0.2, 0) is 43.8 Å². The van der Waals surface area contributed by atoms with Gasteiger partial charge in [-0.1, -0.05) is 149 Å². The summed E-state index contributed by atoms with van der Waals surface area (Å²) in [6.07, 6.45) is 13.8. The summed E-state index contributed by atoms with van der Waals surface area (Å²) in [5.41, 5.74) is 19.8. The Morgan fingerprint density at radius 3 is 1.95 bits per heavy atom. The number of aromatic nitrogens is 2. The predicted octanol–water partition coefficient (Wildman–Crippen LogP) is 14.5. The molecule has 299 valence electrons. The van der Waals surface area contributed by atoms with Crippen molar-refractivity contribution in [2.45, 2.75) is 103 Å². The van der Waals surface area contributed by atoms with Crippen LogP contribution < -0.4 is 0 Å². The van der Waals surface area contributed by atoms with Crippen molar-refractivity contribution in [2.24, 2.45) is 0 Å². The van der Waals surface area contributed by atoms with E-state index in [9.17, 15) is 0 Å². The zero-order chi connectivity index (χ0) is 39.9. The number of nitrogens with zero attached hydrogens (tertiary/aromatic N) is 2. The normalized spacial score (nSPS) is 15.7. The van der Waals surface area contributed by atoms with E-state index in [0.717, 1.165) is 53.3 Å². The molecule has 2 aliphatic carbocycles.